The predicted octanol–water partition coefficient (Wildman–Crippen LogP) is 1.54. The van der Waals surface area contributed by atoms with Crippen molar-refractivity contribution in [3.8, 4) is 0 Å². The summed E-state index contributed by atoms with van der Waals surface area (Å²) < 4.78 is 10.9. The summed E-state index contributed by atoms with van der Waals surface area (Å²) in [6, 6.07) is 6.75. The molecule has 26 heavy (non-hydrogen) atoms. The summed E-state index contributed by atoms with van der Waals surface area (Å²) in [4.78, 5) is 39.8. The number of aromatic nitrogens is 1. The maximum Gasteiger partial charge on any atom is 0.405 e. The van der Waals surface area contributed by atoms with Gasteiger partial charge in [0.05, 0.1) is 19.1 Å². The summed E-state index contributed by atoms with van der Waals surface area (Å²) >= 11 is 1.17. The quantitative estimate of drug-likeness (QED) is 0.190. The Morgan fingerprint density at radius 3 is 2.08 bits per heavy atom. The summed E-state index contributed by atoms with van der Waals surface area (Å²) in [5.74, 6) is -2.33. The first-order valence-corrected chi connectivity index (χ1v) is 8.46. The van der Waals surface area contributed by atoms with Gasteiger partial charge in [-0.05, 0) is 11.4 Å². The fourth-order valence-corrected chi connectivity index (χ4v) is 2.90. The fraction of sp³-hybridized carbons (Fsp3) is 0.222. The van der Waals surface area contributed by atoms with Gasteiger partial charge in [0, 0.05) is 31.9 Å². The van der Waals surface area contributed by atoms with Gasteiger partial charge in [0.25, 0.3) is 0 Å². The van der Waals surface area contributed by atoms with Gasteiger partial charge in [-0.15, -0.1) is 11.3 Å². The molecule has 0 atom stereocenters. The van der Waals surface area contributed by atoms with Gasteiger partial charge in [0.15, 0.2) is 18.0 Å². The lowest BCUT2D eigenvalue weighted by atomic mass is 10.1. The standard InChI is InChI=1S/C18H19N2O5S/c1-19(2)12-7-9-20(10-8-12)15(18(23)25-4)14(17(22)24-3)16(21)13-6-5-11-26-13/h5-11H,1-4H3/q+1/b15-14-. The Hall–Kier alpha value is -3.00. The monoisotopic (exact) mass is 375 g/mol. The van der Waals surface area contributed by atoms with E-state index in [2.05, 4.69) is 0 Å². The molecule has 0 unspecified atom stereocenters. The van der Waals surface area contributed by atoms with Crippen LogP contribution in [0.1, 0.15) is 9.67 Å². The molecule has 0 aliphatic heterocycles. The molecule has 0 aromatic carbocycles. The van der Waals surface area contributed by atoms with E-state index in [1.54, 1.807) is 42.0 Å². The zero-order valence-corrected chi connectivity index (χ0v) is 15.7. The van der Waals surface area contributed by atoms with E-state index >= 15 is 0 Å². The molecule has 0 saturated carbocycles. The van der Waals surface area contributed by atoms with Gasteiger partial charge in [0.2, 0.25) is 5.78 Å². The van der Waals surface area contributed by atoms with Crippen LogP contribution in [0.4, 0.5) is 5.69 Å². The van der Waals surface area contributed by atoms with Gasteiger partial charge in [-0.3, -0.25) is 4.79 Å². The van der Waals surface area contributed by atoms with E-state index in [0.29, 0.717) is 4.88 Å². The first kappa shape index (κ1) is 19.3. The van der Waals surface area contributed by atoms with E-state index < -0.39 is 17.7 Å². The van der Waals surface area contributed by atoms with Crippen LogP contribution in [0.15, 0.2) is 47.6 Å². The van der Waals surface area contributed by atoms with Crippen LogP contribution in [-0.4, -0.2) is 46.0 Å². The minimum Gasteiger partial charge on any atom is -0.465 e. The lowest BCUT2D eigenvalue weighted by molar-refractivity contribution is -0.578. The molecule has 0 bridgehead atoms. The second kappa shape index (κ2) is 8.39. The Labute approximate surface area is 155 Å². The number of esters is 2. The third-order valence-corrected chi connectivity index (χ3v) is 4.43. The summed E-state index contributed by atoms with van der Waals surface area (Å²) in [6.45, 7) is 0. The van der Waals surface area contributed by atoms with Gasteiger partial charge < -0.3 is 14.4 Å². The van der Waals surface area contributed by atoms with Crippen LogP contribution in [0, 0.1) is 0 Å². The minimum atomic E-state index is -0.909. The molecule has 2 aromatic rings. The van der Waals surface area contributed by atoms with Gasteiger partial charge in [-0.1, -0.05) is 6.07 Å². The molecule has 2 heterocycles. The Kier molecular flexibility index (Phi) is 6.24. The molecule has 8 heteroatoms. The lowest BCUT2D eigenvalue weighted by Gasteiger charge is -2.11. The van der Waals surface area contributed by atoms with E-state index in [9.17, 15) is 14.4 Å². The van der Waals surface area contributed by atoms with E-state index in [4.69, 9.17) is 9.47 Å². The first-order valence-electron chi connectivity index (χ1n) is 7.58. The highest BCUT2D eigenvalue weighted by Gasteiger charge is 2.36. The number of methoxy groups -OCH3 is 2. The smallest absolute Gasteiger partial charge is 0.405 e. The molecule has 0 fully saturated rings. The van der Waals surface area contributed by atoms with Crippen LogP contribution in [-0.2, 0) is 19.1 Å². The SMILES string of the molecule is COC(=O)/C(C(=O)c1cccs1)=C(/C(=O)OC)[n+]1ccc(N(C)C)cc1. The van der Waals surface area contributed by atoms with Crippen LogP contribution >= 0.6 is 11.3 Å². The van der Waals surface area contributed by atoms with Crippen LogP contribution in [0.3, 0.4) is 0 Å². The summed E-state index contributed by atoms with van der Waals surface area (Å²) in [7, 11) is 6.08. The molecule has 0 aliphatic rings. The van der Waals surface area contributed by atoms with Gasteiger partial charge in [-0.25, -0.2) is 9.59 Å². The minimum absolute atomic E-state index is 0.206. The molecule has 0 amide bonds. The van der Waals surface area contributed by atoms with E-state index in [1.807, 2.05) is 19.0 Å². The number of ether oxygens (including phenoxy) is 2. The topological polar surface area (TPSA) is 76.8 Å². The number of hydrogen-bond donors (Lipinski definition) is 0. The Morgan fingerprint density at radius 2 is 1.62 bits per heavy atom. The normalized spacial score (nSPS) is 11.4. The second-order valence-corrected chi connectivity index (χ2v) is 6.32. The number of hydrogen-bond acceptors (Lipinski definition) is 7. The largest absolute Gasteiger partial charge is 0.465 e. The van der Waals surface area contributed by atoms with E-state index in [0.717, 1.165) is 12.8 Å². The first-order chi connectivity index (χ1) is 12.4. The van der Waals surface area contributed by atoms with Gasteiger partial charge in [-0.2, -0.15) is 4.57 Å². The van der Waals surface area contributed by atoms with Crippen molar-refractivity contribution >= 4 is 40.4 Å². The molecular formula is C18H19N2O5S+. The number of Topliss-reactive ketones (excluding diaryl/α,β-unsaturated/α-hetero) is 1. The molecule has 136 valence electrons. The van der Waals surface area contributed by atoms with Gasteiger partial charge in [0.1, 0.15) is 0 Å². The highest BCUT2D eigenvalue weighted by Crippen LogP contribution is 2.20. The number of anilines is 1. The number of carbonyl (C=O) groups excluding carboxylic acids is 3. The zero-order chi connectivity index (χ0) is 19.3. The lowest BCUT2D eigenvalue weighted by Crippen LogP contribution is -2.40. The molecule has 2 rings (SSSR count). The van der Waals surface area contributed by atoms with E-state index in [1.165, 1.54) is 23.0 Å². The van der Waals surface area contributed by atoms with Crippen molar-refractivity contribution < 1.29 is 28.4 Å². The molecule has 0 spiro atoms. The predicted molar refractivity (Wildman–Crippen MR) is 96.9 cm³/mol. The molecule has 0 saturated heterocycles. The maximum absolute atomic E-state index is 12.8. The summed E-state index contributed by atoms with van der Waals surface area (Å²) in [5.41, 5.74) is 0.294. The van der Waals surface area contributed by atoms with Crippen molar-refractivity contribution in [1.29, 1.82) is 0 Å². The van der Waals surface area contributed by atoms with Crippen LogP contribution in [0.5, 0.6) is 0 Å². The summed E-state index contributed by atoms with van der Waals surface area (Å²) in [5, 5.41) is 1.71. The number of nitrogens with zero attached hydrogens (tertiary/aromatic N) is 2. The molecule has 2 aromatic heterocycles. The van der Waals surface area contributed by atoms with Crippen LogP contribution < -0.4 is 9.47 Å². The average molecular weight is 375 g/mol. The third kappa shape index (κ3) is 3.97. The fourth-order valence-electron chi connectivity index (χ4n) is 2.23. The Morgan fingerprint density at radius 1 is 1.00 bits per heavy atom. The molecule has 0 N–H and O–H groups in total. The number of carbonyl (C=O) groups is 3. The van der Waals surface area contributed by atoms with Crippen molar-refractivity contribution in [2.45, 2.75) is 0 Å². The average Bonchev–Trinajstić information content (AvgIpc) is 3.19. The van der Waals surface area contributed by atoms with Crippen molar-refractivity contribution in [2.75, 3.05) is 33.2 Å². The molecule has 0 radical (unpaired) electrons. The van der Waals surface area contributed by atoms with Crippen molar-refractivity contribution in [3.05, 3.63) is 52.5 Å². The highest BCUT2D eigenvalue weighted by molar-refractivity contribution is 7.12. The summed E-state index contributed by atoms with van der Waals surface area (Å²) in [6.07, 6.45) is 3.15. The Balaban J connectivity index is 2.70. The van der Waals surface area contributed by atoms with Crippen molar-refractivity contribution in [3.63, 3.8) is 0 Å². The van der Waals surface area contributed by atoms with E-state index in [-0.39, 0.29) is 11.3 Å². The number of pyridine rings is 1. The zero-order valence-electron chi connectivity index (χ0n) is 14.9. The van der Waals surface area contributed by atoms with Crippen molar-refractivity contribution in [1.82, 2.24) is 0 Å². The second-order valence-electron chi connectivity index (χ2n) is 5.37. The maximum atomic E-state index is 12.8. The number of thiophene rings is 1. The van der Waals surface area contributed by atoms with Crippen molar-refractivity contribution in [2.24, 2.45) is 0 Å². The van der Waals surface area contributed by atoms with Crippen LogP contribution in [0.2, 0.25) is 0 Å². The van der Waals surface area contributed by atoms with Gasteiger partial charge >= 0.3 is 17.6 Å². The molecular weight excluding hydrogens is 356 g/mol. The Bertz CT molecular complexity index is 839. The third-order valence-electron chi connectivity index (χ3n) is 3.56. The highest BCUT2D eigenvalue weighted by atomic mass is 32.1. The number of rotatable bonds is 6. The molecule has 0 aliphatic carbocycles. The number of ketones is 1. The molecule has 7 nitrogen and oxygen atoms in total. The van der Waals surface area contributed by atoms with Crippen LogP contribution in [0.25, 0.3) is 5.70 Å².